The lowest BCUT2D eigenvalue weighted by atomic mass is 9.81. The third-order valence-electron chi connectivity index (χ3n) is 5.00. The van der Waals surface area contributed by atoms with Crippen molar-refractivity contribution < 1.29 is 23.9 Å². The van der Waals surface area contributed by atoms with Crippen LogP contribution in [0, 0.1) is 11.3 Å². The van der Waals surface area contributed by atoms with Crippen LogP contribution in [0.5, 0.6) is 0 Å². The van der Waals surface area contributed by atoms with Crippen molar-refractivity contribution in [1.82, 2.24) is 0 Å². The maximum absolute atomic E-state index is 13.0. The number of benzene rings is 2. The first kappa shape index (κ1) is 22.9. The summed E-state index contributed by atoms with van der Waals surface area (Å²) in [5.74, 6) is -2.68. The highest BCUT2D eigenvalue weighted by Crippen LogP contribution is 2.43. The Hall–Kier alpha value is -4.78. The van der Waals surface area contributed by atoms with Crippen LogP contribution in [-0.2, 0) is 19.1 Å². The van der Waals surface area contributed by atoms with Crippen LogP contribution < -0.4 is 21.7 Å². The predicted molar refractivity (Wildman–Crippen MR) is 119 cm³/mol. The summed E-state index contributed by atoms with van der Waals surface area (Å²) in [7, 11) is 2.34. The first-order valence-electron chi connectivity index (χ1n) is 9.66. The molecule has 168 valence electrons. The second kappa shape index (κ2) is 9.57. The first-order valence-corrected chi connectivity index (χ1v) is 9.66. The van der Waals surface area contributed by atoms with Gasteiger partial charge in [-0.15, -0.1) is 0 Å². The summed E-state index contributed by atoms with van der Waals surface area (Å²) in [4.78, 5) is 38.3. The van der Waals surface area contributed by atoms with Gasteiger partial charge in [-0.1, -0.05) is 30.3 Å². The largest absolute Gasteiger partial charge is 0.466 e. The highest BCUT2D eigenvalue weighted by Gasteiger charge is 2.42. The standard InChI is InChI=1S/C23H21N5O5/c1-32-21(29)18-17(13-6-4-3-5-7-13)16(12-24)20(25)28(19(18)22(30)33-2)15-10-8-14(9-11-15)27-23(26)31/h3-11,17H,25H2,1-2H3,(H3,26,27,31). The van der Waals surface area contributed by atoms with Crippen molar-refractivity contribution in [3.05, 3.63) is 82.8 Å². The number of nitriles is 1. The van der Waals surface area contributed by atoms with E-state index in [0.29, 0.717) is 16.9 Å². The second-order valence-electron chi connectivity index (χ2n) is 6.87. The van der Waals surface area contributed by atoms with Gasteiger partial charge in [-0.05, 0) is 29.8 Å². The quantitative estimate of drug-likeness (QED) is 0.587. The minimum Gasteiger partial charge on any atom is -0.466 e. The van der Waals surface area contributed by atoms with E-state index in [2.05, 4.69) is 11.4 Å². The summed E-state index contributed by atoms with van der Waals surface area (Å²) in [5, 5.41) is 12.4. The molecule has 1 heterocycles. The average molecular weight is 447 g/mol. The molecule has 0 bridgehead atoms. The van der Waals surface area contributed by atoms with Crippen LogP contribution >= 0.6 is 0 Å². The molecule has 1 aliphatic heterocycles. The summed E-state index contributed by atoms with van der Waals surface area (Å²) in [5.41, 5.74) is 12.6. The Kier molecular flexibility index (Phi) is 6.64. The Labute approximate surface area is 189 Å². The van der Waals surface area contributed by atoms with E-state index < -0.39 is 23.9 Å². The number of hydrogen-bond acceptors (Lipinski definition) is 8. The molecule has 2 aromatic carbocycles. The molecule has 2 amide bonds. The van der Waals surface area contributed by atoms with Gasteiger partial charge < -0.3 is 26.3 Å². The maximum Gasteiger partial charge on any atom is 0.355 e. The monoisotopic (exact) mass is 447 g/mol. The maximum atomic E-state index is 13.0. The number of ether oxygens (including phenoxy) is 2. The summed E-state index contributed by atoms with van der Waals surface area (Å²) in [6, 6.07) is 16.1. The van der Waals surface area contributed by atoms with Crippen molar-refractivity contribution in [3.8, 4) is 6.07 Å². The zero-order valence-corrected chi connectivity index (χ0v) is 17.9. The number of hydrogen-bond donors (Lipinski definition) is 3. The molecular weight excluding hydrogens is 426 g/mol. The number of allylic oxidation sites excluding steroid dienone is 1. The van der Waals surface area contributed by atoms with Gasteiger partial charge in [0.1, 0.15) is 11.5 Å². The predicted octanol–water partition coefficient (Wildman–Crippen LogP) is 2.07. The zero-order chi connectivity index (χ0) is 24.1. The Morgan fingerprint density at radius 1 is 1.00 bits per heavy atom. The van der Waals surface area contributed by atoms with Crippen molar-refractivity contribution in [3.63, 3.8) is 0 Å². The van der Waals surface area contributed by atoms with E-state index in [1.807, 2.05) is 0 Å². The third kappa shape index (κ3) is 4.33. The molecule has 10 heteroatoms. The molecule has 1 atom stereocenters. The summed E-state index contributed by atoms with van der Waals surface area (Å²) in [6.07, 6.45) is 0. The van der Waals surface area contributed by atoms with Gasteiger partial charge in [0.25, 0.3) is 0 Å². The SMILES string of the molecule is COC(=O)C1=C(C(=O)OC)N(c2ccc(NC(N)=O)cc2)C(N)=C(C#N)C1c1ccccc1. The van der Waals surface area contributed by atoms with Crippen molar-refractivity contribution in [2.24, 2.45) is 11.5 Å². The normalized spacial score (nSPS) is 15.5. The fourth-order valence-electron chi connectivity index (χ4n) is 3.62. The minimum absolute atomic E-state index is 0.0496. The van der Waals surface area contributed by atoms with E-state index in [4.69, 9.17) is 20.9 Å². The molecule has 1 aliphatic rings. The highest BCUT2D eigenvalue weighted by atomic mass is 16.5. The van der Waals surface area contributed by atoms with Gasteiger partial charge in [-0.3, -0.25) is 4.90 Å². The molecule has 0 aromatic heterocycles. The lowest BCUT2D eigenvalue weighted by Gasteiger charge is -2.35. The molecule has 0 fully saturated rings. The van der Waals surface area contributed by atoms with E-state index >= 15 is 0 Å². The molecule has 2 aromatic rings. The van der Waals surface area contributed by atoms with Gasteiger partial charge in [0.05, 0.1) is 37.4 Å². The smallest absolute Gasteiger partial charge is 0.355 e. The van der Waals surface area contributed by atoms with Crippen LogP contribution in [0.25, 0.3) is 0 Å². The number of carbonyl (C=O) groups excluding carboxylic acids is 3. The van der Waals surface area contributed by atoms with Gasteiger partial charge in [-0.25, -0.2) is 14.4 Å². The fraction of sp³-hybridized carbons (Fsp3) is 0.130. The molecule has 1 unspecified atom stereocenters. The molecule has 10 nitrogen and oxygen atoms in total. The molecule has 33 heavy (non-hydrogen) atoms. The Morgan fingerprint density at radius 3 is 2.12 bits per heavy atom. The van der Waals surface area contributed by atoms with E-state index in [1.54, 1.807) is 30.3 Å². The molecule has 0 aliphatic carbocycles. The van der Waals surface area contributed by atoms with E-state index in [-0.39, 0.29) is 22.7 Å². The number of nitrogens with one attached hydrogen (secondary N) is 1. The topological polar surface area (TPSA) is 161 Å². The first-order chi connectivity index (χ1) is 15.8. The van der Waals surface area contributed by atoms with Gasteiger partial charge in [-0.2, -0.15) is 5.26 Å². The molecule has 3 rings (SSSR count). The number of anilines is 2. The van der Waals surface area contributed by atoms with Crippen LogP contribution in [-0.4, -0.2) is 32.2 Å². The van der Waals surface area contributed by atoms with E-state index in [9.17, 15) is 19.6 Å². The number of urea groups is 1. The fourth-order valence-corrected chi connectivity index (χ4v) is 3.62. The lowest BCUT2D eigenvalue weighted by Crippen LogP contribution is -2.40. The van der Waals surface area contributed by atoms with Crippen molar-refractivity contribution >= 4 is 29.3 Å². The second-order valence-corrected chi connectivity index (χ2v) is 6.87. The third-order valence-corrected chi connectivity index (χ3v) is 5.00. The van der Waals surface area contributed by atoms with E-state index in [0.717, 1.165) is 0 Å². The van der Waals surface area contributed by atoms with Crippen LogP contribution in [0.2, 0.25) is 0 Å². The lowest BCUT2D eigenvalue weighted by molar-refractivity contribution is -0.139. The zero-order valence-electron chi connectivity index (χ0n) is 17.9. The summed E-state index contributed by atoms with van der Waals surface area (Å²) >= 11 is 0. The number of nitrogens with zero attached hydrogens (tertiary/aromatic N) is 2. The summed E-state index contributed by atoms with van der Waals surface area (Å²) < 4.78 is 9.94. The van der Waals surface area contributed by atoms with Gasteiger partial charge in [0.2, 0.25) is 0 Å². The molecule has 0 saturated carbocycles. The number of methoxy groups -OCH3 is 2. The Morgan fingerprint density at radius 2 is 1.61 bits per heavy atom. The number of nitrogens with two attached hydrogens (primary N) is 2. The van der Waals surface area contributed by atoms with Gasteiger partial charge in [0, 0.05) is 11.4 Å². The Balaban J connectivity index is 2.31. The van der Waals surface area contributed by atoms with Crippen LogP contribution in [0.4, 0.5) is 16.2 Å². The number of carbonyl (C=O) groups is 3. The van der Waals surface area contributed by atoms with E-state index in [1.165, 1.54) is 43.4 Å². The number of rotatable bonds is 5. The Bertz CT molecular complexity index is 1200. The molecule has 0 spiro atoms. The average Bonchev–Trinajstić information content (AvgIpc) is 2.83. The number of primary amides is 1. The van der Waals surface area contributed by atoms with Crippen molar-refractivity contribution in [1.29, 1.82) is 5.26 Å². The van der Waals surface area contributed by atoms with Crippen molar-refractivity contribution in [2.75, 3.05) is 24.4 Å². The van der Waals surface area contributed by atoms with Crippen molar-refractivity contribution in [2.45, 2.75) is 5.92 Å². The van der Waals surface area contributed by atoms with Crippen LogP contribution in [0.1, 0.15) is 11.5 Å². The number of esters is 2. The number of amides is 2. The molecular formula is C23H21N5O5. The minimum atomic E-state index is -0.954. The van der Waals surface area contributed by atoms with Gasteiger partial charge >= 0.3 is 18.0 Å². The molecule has 0 radical (unpaired) electrons. The molecule has 5 N–H and O–H groups in total. The van der Waals surface area contributed by atoms with Crippen LogP contribution in [0.15, 0.2) is 77.3 Å². The van der Waals surface area contributed by atoms with Gasteiger partial charge in [0.15, 0.2) is 0 Å². The molecule has 0 saturated heterocycles. The highest BCUT2D eigenvalue weighted by molar-refractivity contribution is 6.06. The van der Waals surface area contributed by atoms with Crippen LogP contribution in [0.3, 0.4) is 0 Å². The summed E-state index contributed by atoms with van der Waals surface area (Å²) in [6.45, 7) is 0.